The molecule has 3 nitrogen and oxygen atoms in total. The van der Waals surface area contributed by atoms with E-state index >= 15 is 0 Å². The van der Waals surface area contributed by atoms with Crippen molar-refractivity contribution < 1.29 is 4.74 Å². The van der Waals surface area contributed by atoms with Crippen molar-refractivity contribution in [3.8, 4) is 5.75 Å². The first-order valence-corrected chi connectivity index (χ1v) is 5.43. The summed E-state index contributed by atoms with van der Waals surface area (Å²) in [6.45, 7) is 4.16. The molecule has 0 saturated carbocycles. The molecule has 1 rings (SSSR count). The minimum Gasteiger partial charge on any atom is -0.492 e. The fourth-order valence-corrected chi connectivity index (χ4v) is 1.32. The summed E-state index contributed by atoms with van der Waals surface area (Å²) in [5, 5.41) is 6.73. The molecule has 0 heterocycles. The zero-order chi connectivity index (χ0) is 10.9. The van der Waals surface area contributed by atoms with Crippen molar-refractivity contribution in [1.29, 1.82) is 0 Å². The van der Waals surface area contributed by atoms with Crippen LogP contribution in [0.5, 0.6) is 5.75 Å². The summed E-state index contributed by atoms with van der Waals surface area (Å²) in [5.74, 6) is 0.883. The van der Waals surface area contributed by atoms with E-state index in [9.17, 15) is 0 Å². The van der Waals surface area contributed by atoms with Crippen molar-refractivity contribution >= 4 is 17.3 Å². The van der Waals surface area contributed by atoms with Crippen LogP contribution in [0.25, 0.3) is 0 Å². The van der Waals surface area contributed by atoms with Gasteiger partial charge in [0, 0.05) is 6.54 Å². The zero-order valence-electron chi connectivity index (χ0n) is 8.82. The molecule has 2 N–H and O–H groups in total. The Kier molecular flexibility index (Phi) is 5.55. The van der Waals surface area contributed by atoms with Gasteiger partial charge >= 0.3 is 0 Å². The van der Waals surface area contributed by atoms with Gasteiger partial charge in [0.25, 0.3) is 0 Å². The van der Waals surface area contributed by atoms with E-state index in [1.165, 1.54) is 0 Å². The van der Waals surface area contributed by atoms with Crippen molar-refractivity contribution in [3.05, 3.63) is 30.3 Å². The number of thiocarbonyl (C=S) groups is 1. The highest BCUT2D eigenvalue weighted by molar-refractivity contribution is 7.80. The Bertz CT molecular complexity index is 290. The SMILES string of the molecule is CCNC(=S)NCCOc1ccccc1. The van der Waals surface area contributed by atoms with E-state index in [2.05, 4.69) is 10.6 Å². The smallest absolute Gasteiger partial charge is 0.166 e. The number of hydrogen-bond donors (Lipinski definition) is 2. The van der Waals surface area contributed by atoms with Gasteiger partial charge in [0.1, 0.15) is 12.4 Å². The summed E-state index contributed by atoms with van der Waals surface area (Å²) in [6, 6.07) is 9.73. The second kappa shape index (κ2) is 7.06. The molecular formula is C11H16N2OS. The molecule has 0 aliphatic rings. The van der Waals surface area contributed by atoms with E-state index in [1.54, 1.807) is 0 Å². The topological polar surface area (TPSA) is 33.3 Å². The molecule has 4 heteroatoms. The van der Waals surface area contributed by atoms with Gasteiger partial charge in [-0.25, -0.2) is 0 Å². The minimum absolute atomic E-state index is 0.607. The quantitative estimate of drug-likeness (QED) is 0.587. The molecule has 1 aromatic rings. The van der Waals surface area contributed by atoms with E-state index in [0.717, 1.165) is 12.3 Å². The maximum atomic E-state index is 5.48. The standard InChI is InChI=1S/C11H16N2OS/c1-2-12-11(15)13-8-9-14-10-6-4-3-5-7-10/h3-7H,2,8-9H2,1H3,(H2,12,13,15). The number of ether oxygens (including phenoxy) is 1. The number of nitrogens with one attached hydrogen (secondary N) is 2. The summed E-state index contributed by atoms with van der Waals surface area (Å²) in [6.07, 6.45) is 0. The monoisotopic (exact) mass is 224 g/mol. The Morgan fingerprint density at radius 3 is 2.67 bits per heavy atom. The molecule has 1 aromatic carbocycles. The van der Waals surface area contributed by atoms with Gasteiger partial charge in [0.2, 0.25) is 0 Å². The molecule has 82 valence electrons. The average Bonchev–Trinajstić information content (AvgIpc) is 2.26. The van der Waals surface area contributed by atoms with Gasteiger partial charge in [-0.15, -0.1) is 0 Å². The lowest BCUT2D eigenvalue weighted by Gasteiger charge is -2.09. The van der Waals surface area contributed by atoms with Gasteiger partial charge in [-0.3, -0.25) is 0 Å². The third-order valence-electron chi connectivity index (χ3n) is 1.74. The highest BCUT2D eigenvalue weighted by Crippen LogP contribution is 2.07. The molecule has 0 bridgehead atoms. The van der Waals surface area contributed by atoms with Gasteiger partial charge in [-0.05, 0) is 31.3 Å². The average molecular weight is 224 g/mol. The van der Waals surface area contributed by atoms with Crippen LogP contribution in [-0.4, -0.2) is 24.8 Å². The van der Waals surface area contributed by atoms with Gasteiger partial charge in [-0.1, -0.05) is 18.2 Å². The summed E-state index contributed by atoms with van der Waals surface area (Å²) in [5.41, 5.74) is 0. The lowest BCUT2D eigenvalue weighted by Crippen LogP contribution is -2.37. The molecule has 0 fully saturated rings. The Morgan fingerprint density at radius 2 is 2.00 bits per heavy atom. The minimum atomic E-state index is 0.607. The zero-order valence-corrected chi connectivity index (χ0v) is 9.64. The fourth-order valence-electron chi connectivity index (χ4n) is 1.07. The highest BCUT2D eigenvalue weighted by atomic mass is 32.1. The van der Waals surface area contributed by atoms with E-state index in [0.29, 0.717) is 18.3 Å². The molecule has 0 radical (unpaired) electrons. The van der Waals surface area contributed by atoms with Crippen LogP contribution in [0.3, 0.4) is 0 Å². The fraction of sp³-hybridized carbons (Fsp3) is 0.364. The lowest BCUT2D eigenvalue weighted by molar-refractivity contribution is 0.322. The first-order chi connectivity index (χ1) is 7.33. The van der Waals surface area contributed by atoms with Crippen molar-refractivity contribution in [3.63, 3.8) is 0 Å². The molecule has 0 aliphatic carbocycles. The predicted octanol–water partition coefficient (Wildman–Crippen LogP) is 1.55. The highest BCUT2D eigenvalue weighted by Gasteiger charge is 1.93. The lowest BCUT2D eigenvalue weighted by atomic mass is 10.3. The van der Waals surface area contributed by atoms with E-state index in [1.807, 2.05) is 37.3 Å². The molecule has 0 saturated heterocycles. The van der Waals surface area contributed by atoms with Crippen LogP contribution in [0.2, 0.25) is 0 Å². The molecule has 15 heavy (non-hydrogen) atoms. The molecule has 0 spiro atoms. The van der Waals surface area contributed by atoms with Crippen molar-refractivity contribution in [1.82, 2.24) is 10.6 Å². The van der Waals surface area contributed by atoms with Gasteiger partial charge in [-0.2, -0.15) is 0 Å². The Hall–Kier alpha value is -1.29. The van der Waals surface area contributed by atoms with Crippen LogP contribution in [0.4, 0.5) is 0 Å². The van der Waals surface area contributed by atoms with E-state index < -0.39 is 0 Å². The largest absolute Gasteiger partial charge is 0.492 e. The first kappa shape index (κ1) is 11.8. The van der Waals surface area contributed by atoms with Crippen molar-refractivity contribution in [2.45, 2.75) is 6.92 Å². The van der Waals surface area contributed by atoms with Crippen LogP contribution >= 0.6 is 12.2 Å². The van der Waals surface area contributed by atoms with Crippen molar-refractivity contribution in [2.24, 2.45) is 0 Å². The third kappa shape index (κ3) is 5.22. The van der Waals surface area contributed by atoms with Gasteiger partial charge in [0.15, 0.2) is 5.11 Å². The summed E-state index contributed by atoms with van der Waals surface area (Å²) >= 11 is 5.01. The van der Waals surface area contributed by atoms with E-state index in [4.69, 9.17) is 17.0 Å². The normalized spacial score (nSPS) is 9.40. The van der Waals surface area contributed by atoms with Gasteiger partial charge < -0.3 is 15.4 Å². The Balaban J connectivity index is 2.10. The number of benzene rings is 1. The van der Waals surface area contributed by atoms with Crippen LogP contribution in [0.15, 0.2) is 30.3 Å². The van der Waals surface area contributed by atoms with Crippen LogP contribution < -0.4 is 15.4 Å². The summed E-state index contributed by atoms with van der Waals surface area (Å²) < 4.78 is 5.48. The van der Waals surface area contributed by atoms with E-state index in [-0.39, 0.29) is 0 Å². The molecule has 0 aliphatic heterocycles. The van der Waals surface area contributed by atoms with Crippen molar-refractivity contribution in [2.75, 3.05) is 19.7 Å². The Labute approximate surface area is 95.8 Å². The molecular weight excluding hydrogens is 208 g/mol. The maximum absolute atomic E-state index is 5.48. The summed E-state index contributed by atoms with van der Waals surface area (Å²) in [7, 11) is 0. The number of para-hydroxylation sites is 1. The second-order valence-electron chi connectivity index (χ2n) is 2.95. The molecule has 0 aromatic heterocycles. The molecule has 0 unspecified atom stereocenters. The summed E-state index contributed by atoms with van der Waals surface area (Å²) in [4.78, 5) is 0. The Morgan fingerprint density at radius 1 is 1.27 bits per heavy atom. The van der Waals surface area contributed by atoms with Gasteiger partial charge in [0.05, 0.1) is 6.54 Å². The predicted molar refractivity (Wildman–Crippen MR) is 66.2 cm³/mol. The number of hydrogen-bond acceptors (Lipinski definition) is 2. The maximum Gasteiger partial charge on any atom is 0.166 e. The number of rotatable bonds is 5. The first-order valence-electron chi connectivity index (χ1n) is 5.02. The second-order valence-corrected chi connectivity index (χ2v) is 3.36. The van der Waals surface area contributed by atoms with Crippen LogP contribution in [-0.2, 0) is 0 Å². The third-order valence-corrected chi connectivity index (χ3v) is 2.03. The van der Waals surface area contributed by atoms with Crippen LogP contribution in [0.1, 0.15) is 6.92 Å². The molecule has 0 atom stereocenters. The van der Waals surface area contributed by atoms with Crippen LogP contribution in [0, 0.1) is 0 Å². The molecule has 0 amide bonds.